The number of rotatable bonds is 2. The summed E-state index contributed by atoms with van der Waals surface area (Å²) in [4.78, 5) is 0. The minimum Gasteiger partial charge on any atom is -0.102 e. The molecule has 0 saturated heterocycles. The van der Waals surface area contributed by atoms with Crippen molar-refractivity contribution in [1.82, 2.24) is 0 Å². The van der Waals surface area contributed by atoms with E-state index in [1.165, 1.54) is 22.3 Å². The molecule has 0 radical (unpaired) electrons. The van der Waals surface area contributed by atoms with Crippen LogP contribution in [0, 0.1) is 13.8 Å². The smallest absolute Gasteiger partial charge is 0.00297 e. The van der Waals surface area contributed by atoms with Gasteiger partial charge in [0, 0.05) is 11.8 Å². The zero-order chi connectivity index (χ0) is 11.0. The highest BCUT2D eigenvalue weighted by atomic mass is 14.3. The second-order valence-electron chi connectivity index (χ2n) is 4.45. The molecule has 78 valence electrons. The fourth-order valence-corrected chi connectivity index (χ4v) is 2.78. The molecular weight excluding hydrogens is 180 g/mol. The maximum atomic E-state index is 3.95. The number of benzene rings is 1. The van der Waals surface area contributed by atoms with E-state index in [1.807, 2.05) is 0 Å². The first-order valence-corrected chi connectivity index (χ1v) is 5.54. The van der Waals surface area contributed by atoms with E-state index in [2.05, 4.69) is 51.3 Å². The van der Waals surface area contributed by atoms with Crippen molar-refractivity contribution in [2.45, 2.75) is 32.1 Å². The third kappa shape index (κ3) is 1.45. The largest absolute Gasteiger partial charge is 0.102 e. The molecule has 0 amide bonds. The second-order valence-corrected chi connectivity index (χ2v) is 4.45. The van der Waals surface area contributed by atoms with E-state index in [9.17, 15) is 0 Å². The van der Waals surface area contributed by atoms with Gasteiger partial charge in [0.2, 0.25) is 0 Å². The Kier molecular flexibility index (Phi) is 2.52. The Balaban J connectivity index is 2.66. The zero-order valence-corrected chi connectivity index (χ0v) is 9.59. The van der Waals surface area contributed by atoms with E-state index in [-0.39, 0.29) is 0 Å². The first kappa shape index (κ1) is 10.2. The summed E-state index contributed by atoms with van der Waals surface area (Å²) >= 11 is 0. The quantitative estimate of drug-likeness (QED) is 0.623. The molecule has 1 aromatic carbocycles. The van der Waals surface area contributed by atoms with Crippen molar-refractivity contribution >= 4 is 0 Å². The van der Waals surface area contributed by atoms with Crippen molar-refractivity contribution in [3.63, 3.8) is 0 Å². The first-order valence-electron chi connectivity index (χ1n) is 5.54. The number of hydrogen-bond acceptors (Lipinski definition) is 0. The zero-order valence-electron chi connectivity index (χ0n) is 9.59. The van der Waals surface area contributed by atoms with E-state index in [1.54, 1.807) is 0 Å². The Morgan fingerprint density at radius 1 is 1.00 bits per heavy atom. The van der Waals surface area contributed by atoms with Crippen LogP contribution in [-0.2, 0) is 0 Å². The summed E-state index contributed by atoms with van der Waals surface area (Å²) in [6.45, 7) is 12.3. The molecule has 0 aromatic heterocycles. The van der Waals surface area contributed by atoms with Gasteiger partial charge in [0.05, 0.1) is 0 Å². The van der Waals surface area contributed by atoms with E-state index in [0.29, 0.717) is 11.8 Å². The molecular formula is C15H18. The molecule has 0 N–H and O–H groups in total. The Labute approximate surface area is 92.3 Å². The second kappa shape index (κ2) is 3.69. The molecule has 1 aliphatic rings. The van der Waals surface area contributed by atoms with Crippen molar-refractivity contribution in [3.8, 4) is 0 Å². The van der Waals surface area contributed by atoms with Gasteiger partial charge >= 0.3 is 0 Å². The van der Waals surface area contributed by atoms with E-state index < -0.39 is 0 Å². The van der Waals surface area contributed by atoms with E-state index in [0.717, 1.165) is 6.42 Å². The molecule has 0 spiro atoms. The Bertz CT molecular complexity index is 373. The van der Waals surface area contributed by atoms with Crippen molar-refractivity contribution in [1.29, 1.82) is 0 Å². The fraction of sp³-hybridized carbons (Fsp3) is 0.333. The van der Waals surface area contributed by atoms with Crippen molar-refractivity contribution < 1.29 is 0 Å². The predicted octanol–water partition coefficient (Wildman–Crippen LogP) is 4.25. The lowest BCUT2D eigenvalue weighted by Gasteiger charge is -2.12. The van der Waals surface area contributed by atoms with E-state index >= 15 is 0 Å². The minimum absolute atomic E-state index is 0.517. The maximum absolute atomic E-state index is 3.95. The summed E-state index contributed by atoms with van der Waals surface area (Å²) in [7, 11) is 0. The molecule has 0 aliphatic heterocycles. The van der Waals surface area contributed by atoms with Gasteiger partial charge in [-0.2, -0.15) is 0 Å². The summed E-state index contributed by atoms with van der Waals surface area (Å²) in [5.41, 5.74) is 5.78. The Hall–Kier alpha value is -1.30. The lowest BCUT2D eigenvalue weighted by Crippen LogP contribution is -1.95. The van der Waals surface area contributed by atoms with Crippen LogP contribution in [0.25, 0.3) is 0 Å². The monoisotopic (exact) mass is 198 g/mol. The van der Waals surface area contributed by atoms with Crippen LogP contribution < -0.4 is 0 Å². The van der Waals surface area contributed by atoms with Gasteiger partial charge in [0.25, 0.3) is 0 Å². The van der Waals surface area contributed by atoms with Gasteiger partial charge in [0.1, 0.15) is 0 Å². The molecule has 0 bridgehead atoms. The lowest BCUT2D eigenvalue weighted by molar-refractivity contribution is 0.748. The Morgan fingerprint density at radius 3 is 1.73 bits per heavy atom. The SMILES string of the molecule is C=CC1CC(C=C)c2c(C)ccc(C)c21. The van der Waals surface area contributed by atoms with Gasteiger partial charge in [-0.15, -0.1) is 13.2 Å². The average Bonchev–Trinajstić information content (AvgIpc) is 2.63. The molecule has 2 unspecified atom stereocenters. The summed E-state index contributed by atoms with van der Waals surface area (Å²) < 4.78 is 0. The number of allylic oxidation sites excluding steroid dienone is 2. The molecule has 2 rings (SSSR count). The number of fused-ring (bicyclic) bond motifs is 1. The molecule has 0 saturated carbocycles. The summed E-state index contributed by atoms with van der Waals surface area (Å²) in [5.74, 6) is 1.03. The summed E-state index contributed by atoms with van der Waals surface area (Å²) in [6, 6.07) is 4.44. The fourth-order valence-electron chi connectivity index (χ4n) is 2.78. The van der Waals surface area contributed by atoms with Gasteiger partial charge in [-0.05, 0) is 42.5 Å². The van der Waals surface area contributed by atoms with E-state index in [4.69, 9.17) is 0 Å². The van der Waals surface area contributed by atoms with Crippen LogP contribution in [0.1, 0.15) is 40.5 Å². The standard InChI is InChI=1S/C15H18/c1-5-12-9-13(6-2)15-11(4)8-7-10(3)14(12)15/h5-8,12-13H,1-2,9H2,3-4H3. The molecule has 0 nitrogen and oxygen atoms in total. The van der Waals surface area contributed by atoms with Crippen LogP contribution in [0.2, 0.25) is 0 Å². The molecule has 0 fully saturated rings. The van der Waals surface area contributed by atoms with Crippen LogP contribution in [0.4, 0.5) is 0 Å². The number of hydrogen-bond donors (Lipinski definition) is 0. The lowest BCUT2D eigenvalue weighted by atomic mass is 9.93. The van der Waals surface area contributed by atoms with Crippen molar-refractivity contribution in [3.05, 3.63) is 59.7 Å². The highest BCUT2D eigenvalue weighted by Crippen LogP contribution is 2.45. The molecule has 0 heterocycles. The van der Waals surface area contributed by atoms with Crippen LogP contribution >= 0.6 is 0 Å². The van der Waals surface area contributed by atoms with Gasteiger partial charge in [-0.25, -0.2) is 0 Å². The van der Waals surface area contributed by atoms with Crippen LogP contribution in [-0.4, -0.2) is 0 Å². The highest BCUT2D eigenvalue weighted by molar-refractivity contribution is 5.51. The minimum atomic E-state index is 0.517. The molecule has 15 heavy (non-hydrogen) atoms. The third-order valence-electron chi connectivity index (χ3n) is 3.54. The van der Waals surface area contributed by atoms with Gasteiger partial charge in [0.15, 0.2) is 0 Å². The van der Waals surface area contributed by atoms with Gasteiger partial charge in [-0.3, -0.25) is 0 Å². The topological polar surface area (TPSA) is 0 Å². The highest BCUT2D eigenvalue weighted by Gasteiger charge is 2.29. The predicted molar refractivity (Wildman–Crippen MR) is 66.4 cm³/mol. The third-order valence-corrected chi connectivity index (χ3v) is 3.54. The molecule has 0 heteroatoms. The molecule has 1 aromatic rings. The average molecular weight is 198 g/mol. The van der Waals surface area contributed by atoms with Crippen LogP contribution in [0.15, 0.2) is 37.4 Å². The molecule has 2 atom stereocenters. The molecule has 1 aliphatic carbocycles. The van der Waals surface area contributed by atoms with Crippen LogP contribution in [0.5, 0.6) is 0 Å². The van der Waals surface area contributed by atoms with Gasteiger partial charge < -0.3 is 0 Å². The van der Waals surface area contributed by atoms with Gasteiger partial charge in [-0.1, -0.05) is 24.3 Å². The first-order chi connectivity index (χ1) is 7.19. The Morgan fingerprint density at radius 2 is 1.40 bits per heavy atom. The van der Waals surface area contributed by atoms with Crippen molar-refractivity contribution in [2.75, 3.05) is 0 Å². The summed E-state index contributed by atoms with van der Waals surface area (Å²) in [5, 5.41) is 0. The normalized spacial score (nSPS) is 23.6. The van der Waals surface area contributed by atoms with Crippen LogP contribution in [0.3, 0.4) is 0 Å². The number of aryl methyl sites for hydroxylation is 2. The summed E-state index contributed by atoms with van der Waals surface area (Å²) in [6.07, 6.45) is 5.30. The maximum Gasteiger partial charge on any atom is 0.00297 e. The van der Waals surface area contributed by atoms with Crippen molar-refractivity contribution in [2.24, 2.45) is 0 Å².